The van der Waals surface area contributed by atoms with Gasteiger partial charge in [-0.25, -0.2) is 9.48 Å². The van der Waals surface area contributed by atoms with Crippen LogP contribution in [0.1, 0.15) is 25.5 Å². The van der Waals surface area contributed by atoms with E-state index in [0.717, 1.165) is 38.0 Å². The Morgan fingerprint density at radius 3 is 2.77 bits per heavy atom. The number of pyridine rings is 1. The molecule has 1 saturated heterocycles. The molecule has 0 saturated carbocycles. The van der Waals surface area contributed by atoms with Crippen LogP contribution < -0.4 is 15.5 Å². The molecule has 1 fully saturated rings. The number of piperidine rings is 1. The van der Waals surface area contributed by atoms with Gasteiger partial charge < -0.3 is 10.2 Å². The van der Waals surface area contributed by atoms with E-state index in [2.05, 4.69) is 30.7 Å². The van der Waals surface area contributed by atoms with Gasteiger partial charge in [-0.1, -0.05) is 0 Å². The first-order chi connectivity index (χ1) is 15.0. The summed E-state index contributed by atoms with van der Waals surface area (Å²) in [5, 5.41) is 13.9. The fourth-order valence-corrected chi connectivity index (χ4v) is 3.94. The van der Waals surface area contributed by atoms with Crippen LogP contribution in [0.2, 0.25) is 0 Å². The van der Waals surface area contributed by atoms with E-state index in [-0.39, 0.29) is 6.03 Å². The van der Waals surface area contributed by atoms with Gasteiger partial charge in [0.2, 0.25) is 5.95 Å². The number of urea groups is 1. The van der Waals surface area contributed by atoms with Crippen molar-refractivity contribution in [1.82, 2.24) is 29.9 Å². The summed E-state index contributed by atoms with van der Waals surface area (Å²) in [5.41, 5.74) is 1.60. The SMILES string of the molecule is CCNC(=O)Nc1cc(CC2CCN(c3ccc(-n4cccn4)nc3F)CC2)n(C)n1. The Bertz CT molecular complexity index is 1020. The molecule has 0 aliphatic carbocycles. The zero-order chi connectivity index (χ0) is 21.8. The number of aromatic nitrogens is 5. The summed E-state index contributed by atoms with van der Waals surface area (Å²) in [6.45, 7) is 3.97. The van der Waals surface area contributed by atoms with E-state index in [0.29, 0.717) is 29.8 Å². The maximum absolute atomic E-state index is 14.6. The highest BCUT2D eigenvalue weighted by Gasteiger charge is 2.23. The molecule has 1 aliphatic heterocycles. The lowest BCUT2D eigenvalue weighted by molar-refractivity contribution is 0.252. The zero-order valence-electron chi connectivity index (χ0n) is 17.8. The Labute approximate surface area is 180 Å². The van der Waals surface area contributed by atoms with Crippen LogP contribution in [-0.4, -0.2) is 50.2 Å². The van der Waals surface area contributed by atoms with Gasteiger partial charge >= 0.3 is 6.03 Å². The van der Waals surface area contributed by atoms with Gasteiger partial charge in [0.25, 0.3) is 0 Å². The minimum Gasteiger partial charge on any atom is -0.368 e. The van der Waals surface area contributed by atoms with Gasteiger partial charge in [0.05, 0.1) is 5.69 Å². The van der Waals surface area contributed by atoms with Crippen molar-refractivity contribution < 1.29 is 9.18 Å². The predicted octanol–water partition coefficient (Wildman–Crippen LogP) is 2.74. The first kappa shape index (κ1) is 20.8. The standard InChI is InChI=1S/C21H27FN8O/c1-3-23-21(31)25-18-14-16(28(2)27-18)13-15-7-11-29(12-8-15)17-5-6-19(26-20(17)22)30-10-4-9-24-30/h4-6,9-10,14-15H,3,7-8,11-13H2,1-2H3,(H2,23,25,27,31). The van der Waals surface area contributed by atoms with Gasteiger partial charge in [0.15, 0.2) is 11.6 Å². The maximum atomic E-state index is 14.6. The van der Waals surface area contributed by atoms with Crippen molar-refractivity contribution in [3.8, 4) is 5.82 Å². The van der Waals surface area contributed by atoms with E-state index < -0.39 is 5.95 Å². The number of hydrogen-bond donors (Lipinski definition) is 2. The summed E-state index contributed by atoms with van der Waals surface area (Å²) >= 11 is 0. The molecule has 0 radical (unpaired) electrons. The van der Waals surface area contributed by atoms with Crippen molar-refractivity contribution in [3.63, 3.8) is 0 Å². The van der Waals surface area contributed by atoms with E-state index in [9.17, 15) is 9.18 Å². The van der Waals surface area contributed by atoms with Crippen LogP contribution in [0.5, 0.6) is 0 Å². The van der Waals surface area contributed by atoms with Gasteiger partial charge in [-0.3, -0.25) is 10.00 Å². The number of carbonyl (C=O) groups is 1. The number of nitrogens with one attached hydrogen (secondary N) is 2. The molecule has 2 amide bonds. The van der Waals surface area contributed by atoms with Crippen LogP contribution in [-0.2, 0) is 13.5 Å². The molecule has 0 spiro atoms. The minimum atomic E-state index is -0.473. The number of halogens is 1. The number of carbonyl (C=O) groups excluding carboxylic acids is 1. The number of rotatable bonds is 6. The van der Waals surface area contributed by atoms with Crippen LogP contribution >= 0.6 is 0 Å². The normalized spacial score (nSPS) is 14.6. The molecule has 4 heterocycles. The number of amides is 2. The summed E-state index contributed by atoms with van der Waals surface area (Å²) in [6.07, 6.45) is 6.14. The van der Waals surface area contributed by atoms with Crippen molar-refractivity contribution in [2.45, 2.75) is 26.2 Å². The summed E-state index contributed by atoms with van der Waals surface area (Å²) in [7, 11) is 1.88. The summed E-state index contributed by atoms with van der Waals surface area (Å²) in [4.78, 5) is 17.8. The molecular weight excluding hydrogens is 399 g/mol. The predicted molar refractivity (Wildman–Crippen MR) is 116 cm³/mol. The van der Waals surface area contributed by atoms with Crippen molar-refractivity contribution in [1.29, 1.82) is 0 Å². The van der Waals surface area contributed by atoms with Crippen LogP contribution in [0.25, 0.3) is 5.82 Å². The van der Waals surface area contributed by atoms with Crippen molar-refractivity contribution in [2.24, 2.45) is 13.0 Å². The summed E-state index contributed by atoms with van der Waals surface area (Å²) in [6, 6.07) is 7.00. The molecule has 9 nitrogen and oxygen atoms in total. The first-order valence-electron chi connectivity index (χ1n) is 10.5. The number of nitrogens with zero attached hydrogens (tertiary/aromatic N) is 6. The van der Waals surface area contributed by atoms with Gasteiger partial charge in [-0.05, 0) is 50.3 Å². The highest BCUT2D eigenvalue weighted by molar-refractivity contribution is 5.88. The Kier molecular flexibility index (Phi) is 6.15. The van der Waals surface area contributed by atoms with Crippen molar-refractivity contribution in [3.05, 3.63) is 48.3 Å². The van der Waals surface area contributed by atoms with E-state index in [1.54, 1.807) is 35.3 Å². The van der Waals surface area contributed by atoms with Crippen LogP contribution in [0.15, 0.2) is 36.7 Å². The zero-order valence-corrected chi connectivity index (χ0v) is 17.8. The smallest absolute Gasteiger partial charge is 0.320 e. The molecule has 164 valence electrons. The van der Waals surface area contributed by atoms with E-state index in [1.807, 2.05) is 24.7 Å². The van der Waals surface area contributed by atoms with Gasteiger partial charge in [-0.2, -0.15) is 19.6 Å². The fraction of sp³-hybridized carbons (Fsp3) is 0.429. The van der Waals surface area contributed by atoms with Crippen molar-refractivity contribution >= 4 is 17.5 Å². The van der Waals surface area contributed by atoms with Crippen molar-refractivity contribution in [2.75, 3.05) is 29.9 Å². The third kappa shape index (κ3) is 4.84. The highest BCUT2D eigenvalue weighted by atomic mass is 19.1. The number of anilines is 2. The summed E-state index contributed by atoms with van der Waals surface area (Å²) in [5.74, 6) is 1.02. The molecule has 3 aromatic rings. The molecular formula is C21H27FN8O. The Hall–Kier alpha value is -3.43. The van der Waals surface area contributed by atoms with Crippen LogP contribution in [0.4, 0.5) is 20.7 Å². The monoisotopic (exact) mass is 426 g/mol. The molecule has 0 aromatic carbocycles. The van der Waals surface area contributed by atoms with E-state index >= 15 is 0 Å². The molecule has 31 heavy (non-hydrogen) atoms. The molecule has 2 N–H and O–H groups in total. The average molecular weight is 427 g/mol. The van der Waals surface area contributed by atoms with Gasteiger partial charge in [0, 0.05) is 50.8 Å². The van der Waals surface area contributed by atoms with E-state index in [1.165, 1.54) is 0 Å². The van der Waals surface area contributed by atoms with Crippen LogP contribution in [0.3, 0.4) is 0 Å². The maximum Gasteiger partial charge on any atom is 0.320 e. The molecule has 10 heteroatoms. The molecule has 4 rings (SSSR count). The Morgan fingerprint density at radius 1 is 1.29 bits per heavy atom. The lowest BCUT2D eigenvalue weighted by Crippen LogP contribution is -2.35. The molecule has 0 atom stereocenters. The fourth-order valence-electron chi connectivity index (χ4n) is 3.94. The third-order valence-corrected chi connectivity index (χ3v) is 5.56. The molecule has 0 bridgehead atoms. The van der Waals surface area contributed by atoms with Gasteiger partial charge in [-0.15, -0.1) is 0 Å². The second-order valence-corrected chi connectivity index (χ2v) is 7.69. The average Bonchev–Trinajstić information content (AvgIpc) is 3.39. The second kappa shape index (κ2) is 9.15. The minimum absolute atomic E-state index is 0.255. The highest BCUT2D eigenvalue weighted by Crippen LogP contribution is 2.28. The second-order valence-electron chi connectivity index (χ2n) is 7.69. The Balaban J connectivity index is 1.34. The summed E-state index contributed by atoms with van der Waals surface area (Å²) < 4.78 is 18.0. The lowest BCUT2D eigenvalue weighted by atomic mass is 9.92. The molecule has 1 aliphatic rings. The number of aryl methyl sites for hydroxylation is 1. The largest absolute Gasteiger partial charge is 0.368 e. The first-order valence-corrected chi connectivity index (χ1v) is 10.5. The Morgan fingerprint density at radius 2 is 2.10 bits per heavy atom. The lowest BCUT2D eigenvalue weighted by Gasteiger charge is -2.33. The van der Waals surface area contributed by atoms with E-state index in [4.69, 9.17) is 0 Å². The van der Waals surface area contributed by atoms with Crippen LogP contribution in [0, 0.1) is 11.9 Å². The number of hydrogen-bond acceptors (Lipinski definition) is 5. The molecule has 0 unspecified atom stereocenters. The quantitative estimate of drug-likeness (QED) is 0.592. The molecule has 3 aromatic heterocycles. The topological polar surface area (TPSA) is 92.9 Å². The third-order valence-electron chi connectivity index (χ3n) is 5.56. The van der Waals surface area contributed by atoms with Gasteiger partial charge in [0.1, 0.15) is 0 Å².